The van der Waals surface area contributed by atoms with Crippen molar-refractivity contribution >= 4 is 0 Å². The predicted octanol–water partition coefficient (Wildman–Crippen LogP) is 2.60. The van der Waals surface area contributed by atoms with Gasteiger partial charge in [-0.1, -0.05) is 20.8 Å². The molecule has 0 amide bonds. The van der Waals surface area contributed by atoms with E-state index in [-0.39, 0.29) is 0 Å². The van der Waals surface area contributed by atoms with Crippen LogP contribution in [-0.4, -0.2) is 20.8 Å². The minimum atomic E-state index is 0.515. The van der Waals surface area contributed by atoms with Crippen molar-refractivity contribution in [2.45, 2.75) is 66.1 Å². The predicted molar refractivity (Wildman–Crippen MR) is 73.1 cm³/mol. The Balaban J connectivity index is 1.88. The van der Waals surface area contributed by atoms with E-state index in [4.69, 9.17) is 0 Å². The third-order valence-corrected chi connectivity index (χ3v) is 4.25. The van der Waals surface area contributed by atoms with Crippen molar-refractivity contribution in [3.05, 3.63) is 12.2 Å². The summed E-state index contributed by atoms with van der Waals surface area (Å²) in [6.45, 7) is 11.0. The van der Waals surface area contributed by atoms with Crippen LogP contribution < -0.4 is 5.32 Å². The summed E-state index contributed by atoms with van der Waals surface area (Å²) in [7, 11) is 0. The summed E-state index contributed by atoms with van der Waals surface area (Å²) in [5, 5.41) is 11.8. The van der Waals surface area contributed by atoms with Gasteiger partial charge in [0.05, 0.1) is 6.54 Å². The first-order chi connectivity index (χ1) is 8.52. The topological polar surface area (TPSA) is 42.7 Å². The van der Waals surface area contributed by atoms with Crippen molar-refractivity contribution < 1.29 is 0 Å². The van der Waals surface area contributed by atoms with E-state index in [1.807, 2.05) is 6.33 Å². The monoisotopic (exact) mass is 250 g/mol. The number of hydrogen-bond donors (Lipinski definition) is 1. The number of aromatic nitrogens is 3. The Labute approximate surface area is 110 Å². The van der Waals surface area contributed by atoms with Crippen LogP contribution in [0.15, 0.2) is 6.33 Å². The van der Waals surface area contributed by atoms with Crippen molar-refractivity contribution in [3.8, 4) is 0 Å². The van der Waals surface area contributed by atoms with Crippen LogP contribution >= 0.6 is 0 Å². The minimum absolute atomic E-state index is 0.515. The van der Waals surface area contributed by atoms with Crippen LogP contribution in [0.5, 0.6) is 0 Å². The number of nitrogens with zero attached hydrogens (tertiary/aromatic N) is 3. The van der Waals surface area contributed by atoms with Crippen molar-refractivity contribution in [1.29, 1.82) is 0 Å². The Morgan fingerprint density at radius 1 is 1.50 bits per heavy atom. The minimum Gasteiger partial charge on any atom is -0.317 e. The maximum absolute atomic E-state index is 4.18. The van der Waals surface area contributed by atoms with E-state index < -0.39 is 0 Å². The summed E-state index contributed by atoms with van der Waals surface area (Å²) >= 11 is 0. The van der Waals surface area contributed by atoms with Gasteiger partial charge >= 0.3 is 0 Å². The quantitative estimate of drug-likeness (QED) is 0.893. The lowest BCUT2D eigenvalue weighted by atomic mass is 9.70. The zero-order valence-corrected chi connectivity index (χ0v) is 12.1. The largest absolute Gasteiger partial charge is 0.317 e. The number of rotatable bonds is 4. The number of aryl methyl sites for hydroxylation is 1. The average Bonchev–Trinajstić information content (AvgIpc) is 2.74. The number of hydrogen-bond acceptors (Lipinski definition) is 3. The summed E-state index contributed by atoms with van der Waals surface area (Å²) in [6.07, 6.45) is 5.71. The van der Waals surface area contributed by atoms with Gasteiger partial charge in [-0.25, -0.2) is 0 Å². The van der Waals surface area contributed by atoms with Crippen LogP contribution in [0, 0.1) is 11.3 Å². The van der Waals surface area contributed by atoms with Gasteiger partial charge in [-0.2, -0.15) is 0 Å². The van der Waals surface area contributed by atoms with Crippen LogP contribution in [0.25, 0.3) is 0 Å². The third-order valence-electron chi connectivity index (χ3n) is 4.25. The molecule has 2 atom stereocenters. The van der Waals surface area contributed by atoms with E-state index in [9.17, 15) is 0 Å². The molecule has 1 fully saturated rings. The molecule has 18 heavy (non-hydrogen) atoms. The molecule has 102 valence electrons. The van der Waals surface area contributed by atoms with Crippen LogP contribution in [0.4, 0.5) is 0 Å². The van der Waals surface area contributed by atoms with E-state index >= 15 is 0 Å². The molecule has 1 aromatic rings. The summed E-state index contributed by atoms with van der Waals surface area (Å²) in [5.74, 6) is 1.79. The fourth-order valence-electron chi connectivity index (χ4n) is 3.15. The normalized spacial score (nSPS) is 27.3. The molecule has 1 aliphatic rings. The molecule has 1 saturated carbocycles. The van der Waals surface area contributed by atoms with Gasteiger partial charge in [0.25, 0.3) is 0 Å². The van der Waals surface area contributed by atoms with Crippen molar-refractivity contribution in [2.24, 2.45) is 11.3 Å². The molecule has 4 nitrogen and oxygen atoms in total. The SMILES string of the molecule is CCn1cnnc1CNC1CCC(C)(C)CC1C. The summed E-state index contributed by atoms with van der Waals surface area (Å²) in [5.41, 5.74) is 0.515. The molecule has 1 heterocycles. The third kappa shape index (κ3) is 3.10. The van der Waals surface area contributed by atoms with Crippen molar-refractivity contribution in [2.75, 3.05) is 0 Å². The van der Waals surface area contributed by atoms with Crippen molar-refractivity contribution in [3.63, 3.8) is 0 Å². The van der Waals surface area contributed by atoms with E-state index in [1.54, 1.807) is 0 Å². The Hall–Kier alpha value is -0.900. The first-order valence-electron chi connectivity index (χ1n) is 7.12. The molecular formula is C14H26N4. The Kier molecular flexibility index (Phi) is 4.05. The first-order valence-corrected chi connectivity index (χ1v) is 7.12. The zero-order chi connectivity index (χ0) is 13.2. The molecule has 0 radical (unpaired) electrons. The summed E-state index contributed by atoms with van der Waals surface area (Å²) in [6, 6.07) is 0.625. The Morgan fingerprint density at radius 3 is 2.94 bits per heavy atom. The Bertz CT molecular complexity index is 383. The lowest BCUT2D eigenvalue weighted by Gasteiger charge is -2.39. The first kappa shape index (κ1) is 13.5. The van der Waals surface area contributed by atoms with Gasteiger partial charge < -0.3 is 9.88 Å². The van der Waals surface area contributed by atoms with Crippen LogP contribution in [0.1, 0.15) is 52.8 Å². The summed E-state index contributed by atoms with van der Waals surface area (Å²) in [4.78, 5) is 0. The molecule has 0 aliphatic heterocycles. The highest BCUT2D eigenvalue weighted by Crippen LogP contribution is 2.38. The molecule has 0 bridgehead atoms. The van der Waals surface area contributed by atoms with Gasteiger partial charge in [0, 0.05) is 12.6 Å². The second-order valence-corrected chi connectivity index (χ2v) is 6.40. The van der Waals surface area contributed by atoms with Gasteiger partial charge in [0.2, 0.25) is 0 Å². The van der Waals surface area contributed by atoms with Gasteiger partial charge in [-0.3, -0.25) is 0 Å². The molecule has 1 N–H and O–H groups in total. The fraction of sp³-hybridized carbons (Fsp3) is 0.857. The lowest BCUT2D eigenvalue weighted by Crippen LogP contribution is -2.41. The molecule has 4 heteroatoms. The highest BCUT2D eigenvalue weighted by Gasteiger charge is 2.32. The van der Waals surface area contributed by atoms with Crippen LogP contribution in [0.2, 0.25) is 0 Å². The van der Waals surface area contributed by atoms with Gasteiger partial charge in [-0.05, 0) is 37.5 Å². The van der Waals surface area contributed by atoms with Gasteiger partial charge in [0.1, 0.15) is 12.2 Å². The van der Waals surface area contributed by atoms with Gasteiger partial charge in [0.15, 0.2) is 0 Å². The molecule has 2 rings (SSSR count). The average molecular weight is 250 g/mol. The highest BCUT2D eigenvalue weighted by molar-refractivity contribution is 4.90. The second-order valence-electron chi connectivity index (χ2n) is 6.40. The molecule has 1 aliphatic carbocycles. The van der Waals surface area contributed by atoms with E-state index in [0.717, 1.165) is 24.8 Å². The molecule has 1 aromatic heterocycles. The summed E-state index contributed by atoms with van der Waals surface area (Å²) < 4.78 is 2.10. The molecule has 2 unspecified atom stereocenters. The van der Waals surface area contributed by atoms with Crippen molar-refractivity contribution in [1.82, 2.24) is 20.1 Å². The maximum Gasteiger partial charge on any atom is 0.146 e. The smallest absolute Gasteiger partial charge is 0.146 e. The lowest BCUT2D eigenvalue weighted by molar-refractivity contribution is 0.147. The Morgan fingerprint density at radius 2 is 2.28 bits per heavy atom. The molecular weight excluding hydrogens is 224 g/mol. The molecule has 0 saturated heterocycles. The van der Waals surface area contributed by atoms with Gasteiger partial charge in [-0.15, -0.1) is 10.2 Å². The molecule has 0 spiro atoms. The fourth-order valence-corrected chi connectivity index (χ4v) is 3.15. The maximum atomic E-state index is 4.18. The standard InChI is InChI=1S/C14H26N4/c1-5-18-10-16-17-13(18)9-15-12-6-7-14(3,4)8-11(12)2/h10-12,15H,5-9H2,1-4H3. The highest BCUT2D eigenvalue weighted by atomic mass is 15.3. The van der Waals surface area contributed by atoms with E-state index in [1.165, 1.54) is 19.3 Å². The zero-order valence-electron chi connectivity index (χ0n) is 12.1. The van der Waals surface area contributed by atoms with Crippen LogP contribution in [-0.2, 0) is 13.1 Å². The second kappa shape index (κ2) is 5.39. The molecule has 0 aromatic carbocycles. The van der Waals surface area contributed by atoms with E-state index in [0.29, 0.717) is 11.5 Å². The number of nitrogens with one attached hydrogen (secondary N) is 1. The van der Waals surface area contributed by atoms with Crippen LogP contribution in [0.3, 0.4) is 0 Å². The van der Waals surface area contributed by atoms with E-state index in [2.05, 4.69) is 47.8 Å².